The summed E-state index contributed by atoms with van der Waals surface area (Å²) in [6.07, 6.45) is 0.735. The zero-order chi connectivity index (χ0) is 12.3. The minimum atomic E-state index is -0.131. The number of oxime groups is 1. The Kier molecular flexibility index (Phi) is 3.53. The van der Waals surface area contributed by atoms with Crippen LogP contribution in [0.5, 0.6) is 0 Å². The SMILES string of the molecule is CCC(Sc1nc2ccccc2o1)C(N)=NO. The van der Waals surface area contributed by atoms with Gasteiger partial charge in [0, 0.05) is 0 Å². The molecule has 0 saturated carbocycles. The number of amidine groups is 1. The van der Waals surface area contributed by atoms with Crippen molar-refractivity contribution in [2.75, 3.05) is 0 Å². The van der Waals surface area contributed by atoms with Crippen LogP contribution in [0, 0.1) is 0 Å². The van der Waals surface area contributed by atoms with Crippen LogP contribution in [0.1, 0.15) is 13.3 Å². The molecule has 0 spiro atoms. The molecule has 0 aliphatic carbocycles. The highest BCUT2D eigenvalue weighted by Crippen LogP contribution is 2.28. The molecule has 0 bridgehead atoms. The lowest BCUT2D eigenvalue weighted by atomic mass is 10.3. The highest BCUT2D eigenvalue weighted by atomic mass is 32.2. The summed E-state index contributed by atoms with van der Waals surface area (Å²) in [6.45, 7) is 1.96. The summed E-state index contributed by atoms with van der Waals surface area (Å²) < 4.78 is 5.55. The number of para-hydroxylation sites is 2. The number of thioether (sulfide) groups is 1. The first-order valence-corrected chi connectivity index (χ1v) is 6.12. The van der Waals surface area contributed by atoms with Crippen LogP contribution in [0.3, 0.4) is 0 Å². The number of hydrogen-bond donors (Lipinski definition) is 2. The first kappa shape index (κ1) is 11.8. The normalized spacial score (nSPS) is 14.1. The molecule has 0 saturated heterocycles. The molecule has 3 N–H and O–H groups in total. The quantitative estimate of drug-likeness (QED) is 0.286. The van der Waals surface area contributed by atoms with Gasteiger partial charge in [0.1, 0.15) is 5.52 Å². The summed E-state index contributed by atoms with van der Waals surface area (Å²) in [6, 6.07) is 7.53. The minimum Gasteiger partial charge on any atom is -0.431 e. The molecule has 1 aromatic heterocycles. The maximum absolute atomic E-state index is 8.65. The lowest BCUT2D eigenvalue weighted by Gasteiger charge is -2.08. The molecule has 0 aliphatic rings. The Morgan fingerprint density at radius 1 is 1.59 bits per heavy atom. The third-order valence-corrected chi connectivity index (χ3v) is 3.57. The van der Waals surface area contributed by atoms with Crippen molar-refractivity contribution in [3.63, 3.8) is 0 Å². The van der Waals surface area contributed by atoms with Crippen molar-refractivity contribution in [3.05, 3.63) is 24.3 Å². The molecule has 90 valence electrons. The van der Waals surface area contributed by atoms with Crippen molar-refractivity contribution in [1.82, 2.24) is 4.98 Å². The molecule has 17 heavy (non-hydrogen) atoms. The maximum atomic E-state index is 8.65. The molecule has 0 radical (unpaired) electrons. The van der Waals surface area contributed by atoms with Crippen molar-refractivity contribution >= 4 is 28.7 Å². The second-order valence-corrected chi connectivity index (χ2v) is 4.64. The molecule has 2 aromatic rings. The number of hydrogen-bond acceptors (Lipinski definition) is 5. The van der Waals surface area contributed by atoms with Crippen LogP contribution in [-0.2, 0) is 0 Å². The van der Waals surface area contributed by atoms with Crippen LogP contribution in [0.2, 0.25) is 0 Å². The molecule has 1 heterocycles. The summed E-state index contributed by atoms with van der Waals surface area (Å²) in [7, 11) is 0. The molecule has 0 fully saturated rings. The van der Waals surface area contributed by atoms with Gasteiger partial charge in [0.15, 0.2) is 11.4 Å². The Morgan fingerprint density at radius 2 is 2.35 bits per heavy atom. The molecule has 0 aliphatic heterocycles. The number of oxazole rings is 1. The van der Waals surface area contributed by atoms with Gasteiger partial charge >= 0.3 is 0 Å². The Hall–Kier alpha value is -1.69. The molecule has 6 heteroatoms. The predicted octanol–water partition coefficient (Wildman–Crippen LogP) is 2.44. The van der Waals surface area contributed by atoms with Crippen LogP contribution in [-0.4, -0.2) is 21.3 Å². The molecular formula is C11H13N3O2S. The average Bonchev–Trinajstić information content (AvgIpc) is 2.77. The third kappa shape index (κ3) is 2.52. The van der Waals surface area contributed by atoms with Gasteiger partial charge in [0.25, 0.3) is 5.22 Å². The molecule has 1 atom stereocenters. The largest absolute Gasteiger partial charge is 0.431 e. The van der Waals surface area contributed by atoms with E-state index >= 15 is 0 Å². The van der Waals surface area contributed by atoms with Crippen molar-refractivity contribution in [3.8, 4) is 0 Å². The van der Waals surface area contributed by atoms with Crippen LogP contribution >= 0.6 is 11.8 Å². The Labute approximate surface area is 103 Å². The number of nitrogens with two attached hydrogens (primary N) is 1. The fourth-order valence-electron chi connectivity index (χ4n) is 1.44. The molecule has 1 unspecified atom stereocenters. The Morgan fingerprint density at radius 3 is 3.00 bits per heavy atom. The fourth-order valence-corrected chi connectivity index (χ4v) is 2.31. The van der Waals surface area contributed by atoms with Gasteiger partial charge in [-0.1, -0.05) is 36.0 Å². The van der Waals surface area contributed by atoms with Crippen LogP contribution < -0.4 is 5.73 Å². The van der Waals surface area contributed by atoms with Gasteiger partial charge in [0.05, 0.1) is 5.25 Å². The van der Waals surface area contributed by atoms with Crippen molar-refractivity contribution in [1.29, 1.82) is 0 Å². The first-order valence-electron chi connectivity index (χ1n) is 5.24. The van der Waals surface area contributed by atoms with Gasteiger partial charge < -0.3 is 15.4 Å². The second kappa shape index (κ2) is 5.09. The smallest absolute Gasteiger partial charge is 0.257 e. The number of rotatable bonds is 4. The molecule has 2 rings (SSSR count). The number of fused-ring (bicyclic) bond motifs is 1. The fraction of sp³-hybridized carbons (Fsp3) is 0.273. The second-order valence-electron chi connectivity index (χ2n) is 3.49. The summed E-state index contributed by atoms with van der Waals surface area (Å²) in [4.78, 5) is 4.32. The number of benzene rings is 1. The van der Waals surface area contributed by atoms with Gasteiger partial charge in [-0.3, -0.25) is 0 Å². The third-order valence-electron chi connectivity index (χ3n) is 2.33. The van der Waals surface area contributed by atoms with E-state index in [9.17, 15) is 0 Å². The predicted molar refractivity (Wildman–Crippen MR) is 67.4 cm³/mol. The topological polar surface area (TPSA) is 84.6 Å². The molecule has 0 amide bonds. The van der Waals surface area contributed by atoms with E-state index in [1.165, 1.54) is 11.8 Å². The van der Waals surface area contributed by atoms with Crippen LogP contribution in [0.15, 0.2) is 39.1 Å². The minimum absolute atomic E-state index is 0.131. The average molecular weight is 251 g/mol. The summed E-state index contributed by atoms with van der Waals surface area (Å²) >= 11 is 1.35. The van der Waals surface area contributed by atoms with E-state index in [0.29, 0.717) is 5.22 Å². The monoisotopic (exact) mass is 251 g/mol. The van der Waals surface area contributed by atoms with E-state index in [-0.39, 0.29) is 11.1 Å². The van der Waals surface area contributed by atoms with E-state index < -0.39 is 0 Å². The first-order chi connectivity index (χ1) is 8.24. The van der Waals surface area contributed by atoms with Gasteiger partial charge in [-0.2, -0.15) is 0 Å². The van der Waals surface area contributed by atoms with Gasteiger partial charge in [0.2, 0.25) is 0 Å². The highest BCUT2D eigenvalue weighted by Gasteiger charge is 2.17. The van der Waals surface area contributed by atoms with Crippen LogP contribution in [0.4, 0.5) is 0 Å². The lowest BCUT2D eigenvalue weighted by molar-refractivity contribution is 0.317. The molecular weight excluding hydrogens is 238 g/mol. The van der Waals surface area contributed by atoms with Crippen LogP contribution in [0.25, 0.3) is 11.1 Å². The van der Waals surface area contributed by atoms with E-state index in [4.69, 9.17) is 15.4 Å². The van der Waals surface area contributed by atoms with E-state index in [1.54, 1.807) is 0 Å². The van der Waals surface area contributed by atoms with Crippen molar-refractivity contribution in [2.45, 2.75) is 23.8 Å². The standard InChI is InChI=1S/C11H13N3O2S/c1-2-9(10(12)14-15)17-11-13-7-5-3-4-6-8(7)16-11/h3-6,9,15H,2H2,1H3,(H2,12,14). The number of nitrogens with zero attached hydrogens (tertiary/aromatic N) is 2. The lowest BCUT2D eigenvalue weighted by Crippen LogP contribution is -2.25. The van der Waals surface area contributed by atoms with Crippen molar-refractivity contribution < 1.29 is 9.62 Å². The van der Waals surface area contributed by atoms with Crippen molar-refractivity contribution in [2.24, 2.45) is 10.9 Å². The highest BCUT2D eigenvalue weighted by molar-refractivity contribution is 8.00. The number of aromatic nitrogens is 1. The molecule has 1 aromatic carbocycles. The molecule has 5 nitrogen and oxygen atoms in total. The summed E-state index contributed by atoms with van der Waals surface area (Å²) in [5.41, 5.74) is 7.13. The van der Waals surface area contributed by atoms with E-state index in [1.807, 2.05) is 31.2 Å². The Balaban J connectivity index is 2.22. The van der Waals surface area contributed by atoms with Gasteiger partial charge in [-0.05, 0) is 18.6 Å². The zero-order valence-corrected chi connectivity index (χ0v) is 10.1. The van der Waals surface area contributed by atoms with Gasteiger partial charge in [-0.15, -0.1) is 0 Å². The van der Waals surface area contributed by atoms with E-state index in [0.717, 1.165) is 17.5 Å². The summed E-state index contributed by atoms with van der Waals surface area (Å²) in [5, 5.41) is 12.1. The Bertz CT molecular complexity index is 505. The summed E-state index contributed by atoms with van der Waals surface area (Å²) in [5.74, 6) is 0.180. The van der Waals surface area contributed by atoms with E-state index in [2.05, 4.69) is 10.1 Å². The zero-order valence-electron chi connectivity index (χ0n) is 9.33. The van der Waals surface area contributed by atoms with Gasteiger partial charge in [-0.25, -0.2) is 4.98 Å². The maximum Gasteiger partial charge on any atom is 0.257 e.